The Morgan fingerprint density at radius 2 is 2.12 bits per heavy atom. The van der Waals surface area contributed by atoms with Crippen molar-refractivity contribution in [3.05, 3.63) is 32.9 Å². The molecule has 0 aliphatic heterocycles. The van der Waals surface area contributed by atoms with Crippen LogP contribution in [0.1, 0.15) is 12.8 Å². The van der Waals surface area contributed by atoms with Crippen molar-refractivity contribution in [1.82, 2.24) is 9.55 Å². The van der Waals surface area contributed by atoms with Gasteiger partial charge in [-0.25, -0.2) is 4.79 Å². The number of H-pyrrole nitrogens is 1. The number of aliphatic hydroxyl groups excluding tert-OH is 1. The monoisotopic (exact) mass is 228 g/mol. The number of hydrogen-bond acceptors (Lipinski definition) is 3. The standard InChI is InChI=1S/C10H13FN2O3/c11-8-4-13(10(16)12-9(8)15)3-6-1-7(2-6)5-14/h4,6-7,14H,1-3,5H2,(H,12,15,16)/t6-,7+. The largest absolute Gasteiger partial charge is 0.396 e. The fourth-order valence-corrected chi connectivity index (χ4v) is 2.07. The van der Waals surface area contributed by atoms with Crippen molar-refractivity contribution in [2.45, 2.75) is 19.4 Å². The molecular formula is C10H13FN2O3. The molecule has 0 amide bonds. The molecule has 6 heteroatoms. The molecule has 0 atom stereocenters. The van der Waals surface area contributed by atoms with Gasteiger partial charge in [-0.3, -0.25) is 14.3 Å². The third kappa shape index (κ3) is 2.06. The highest BCUT2D eigenvalue weighted by Crippen LogP contribution is 2.33. The van der Waals surface area contributed by atoms with Gasteiger partial charge in [-0.2, -0.15) is 4.39 Å². The van der Waals surface area contributed by atoms with E-state index in [0.29, 0.717) is 12.5 Å². The quantitative estimate of drug-likeness (QED) is 0.745. The van der Waals surface area contributed by atoms with Crippen molar-refractivity contribution in [2.75, 3.05) is 6.61 Å². The minimum Gasteiger partial charge on any atom is -0.396 e. The van der Waals surface area contributed by atoms with Gasteiger partial charge in [-0.05, 0) is 24.7 Å². The first-order valence-electron chi connectivity index (χ1n) is 5.20. The van der Waals surface area contributed by atoms with Crippen LogP contribution in [0.4, 0.5) is 4.39 Å². The van der Waals surface area contributed by atoms with Crippen LogP contribution in [0.25, 0.3) is 0 Å². The highest BCUT2D eigenvalue weighted by atomic mass is 19.1. The van der Waals surface area contributed by atoms with Crippen LogP contribution in [0.5, 0.6) is 0 Å². The second-order valence-corrected chi connectivity index (χ2v) is 4.27. The van der Waals surface area contributed by atoms with Gasteiger partial charge in [0.2, 0.25) is 5.82 Å². The molecule has 1 aliphatic rings. The van der Waals surface area contributed by atoms with Crippen LogP contribution in [0.3, 0.4) is 0 Å². The summed E-state index contributed by atoms with van der Waals surface area (Å²) in [7, 11) is 0. The molecule has 1 aromatic rings. The highest BCUT2D eigenvalue weighted by molar-refractivity contribution is 4.89. The summed E-state index contributed by atoms with van der Waals surface area (Å²) in [6.07, 6.45) is 2.61. The van der Waals surface area contributed by atoms with Crippen LogP contribution in [-0.4, -0.2) is 21.3 Å². The van der Waals surface area contributed by atoms with Gasteiger partial charge in [0.05, 0.1) is 6.20 Å². The Kier molecular flexibility index (Phi) is 2.91. The van der Waals surface area contributed by atoms with Crippen LogP contribution in [0.15, 0.2) is 15.8 Å². The normalized spacial score (nSPS) is 24.1. The maximum atomic E-state index is 12.9. The minimum atomic E-state index is -0.983. The average molecular weight is 228 g/mol. The Hall–Kier alpha value is -1.43. The lowest BCUT2D eigenvalue weighted by Gasteiger charge is -2.34. The Morgan fingerprint density at radius 3 is 2.75 bits per heavy atom. The molecule has 1 saturated carbocycles. The first-order chi connectivity index (χ1) is 7.60. The number of nitrogens with one attached hydrogen (secondary N) is 1. The fraction of sp³-hybridized carbons (Fsp3) is 0.600. The Labute approximate surface area is 90.5 Å². The van der Waals surface area contributed by atoms with E-state index in [0.717, 1.165) is 19.0 Å². The van der Waals surface area contributed by atoms with E-state index in [1.54, 1.807) is 0 Å². The first kappa shape index (κ1) is 11.1. The van der Waals surface area contributed by atoms with E-state index in [1.165, 1.54) is 4.57 Å². The van der Waals surface area contributed by atoms with Crippen LogP contribution >= 0.6 is 0 Å². The maximum Gasteiger partial charge on any atom is 0.328 e. The number of aliphatic hydroxyl groups is 1. The van der Waals surface area contributed by atoms with Crippen molar-refractivity contribution >= 4 is 0 Å². The van der Waals surface area contributed by atoms with Crippen molar-refractivity contribution in [1.29, 1.82) is 0 Å². The fourth-order valence-electron chi connectivity index (χ4n) is 2.07. The number of halogens is 1. The summed E-state index contributed by atoms with van der Waals surface area (Å²) >= 11 is 0. The van der Waals surface area contributed by atoms with E-state index in [2.05, 4.69) is 0 Å². The molecule has 1 aromatic heterocycles. The van der Waals surface area contributed by atoms with Crippen LogP contribution in [0, 0.1) is 17.7 Å². The zero-order valence-corrected chi connectivity index (χ0v) is 8.65. The molecule has 2 N–H and O–H groups in total. The van der Waals surface area contributed by atoms with Crippen molar-refractivity contribution in [2.24, 2.45) is 11.8 Å². The van der Waals surface area contributed by atoms with Gasteiger partial charge in [-0.15, -0.1) is 0 Å². The van der Waals surface area contributed by atoms with E-state index >= 15 is 0 Å². The third-order valence-corrected chi connectivity index (χ3v) is 3.01. The van der Waals surface area contributed by atoms with Crippen molar-refractivity contribution in [3.8, 4) is 0 Å². The molecule has 1 heterocycles. The average Bonchev–Trinajstić information content (AvgIpc) is 2.18. The molecule has 1 aliphatic carbocycles. The Balaban J connectivity index is 2.08. The number of nitrogens with zero attached hydrogens (tertiary/aromatic N) is 1. The lowest BCUT2D eigenvalue weighted by Crippen LogP contribution is -2.37. The minimum absolute atomic E-state index is 0.158. The molecule has 0 aromatic carbocycles. The summed E-state index contributed by atoms with van der Waals surface area (Å²) in [5.74, 6) is -0.369. The van der Waals surface area contributed by atoms with E-state index < -0.39 is 17.1 Å². The number of rotatable bonds is 3. The molecule has 0 bridgehead atoms. The molecule has 5 nitrogen and oxygen atoms in total. The lowest BCUT2D eigenvalue weighted by molar-refractivity contribution is 0.0956. The molecule has 1 fully saturated rings. The molecule has 0 saturated heterocycles. The molecule has 2 rings (SSSR count). The molecular weight excluding hydrogens is 215 g/mol. The number of aromatic nitrogens is 2. The predicted molar refractivity (Wildman–Crippen MR) is 54.6 cm³/mol. The summed E-state index contributed by atoms with van der Waals surface area (Å²) < 4.78 is 14.1. The Bertz CT molecular complexity index is 488. The summed E-state index contributed by atoms with van der Waals surface area (Å²) in [6, 6.07) is 0. The van der Waals surface area contributed by atoms with E-state index in [1.807, 2.05) is 4.98 Å². The second-order valence-electron chi connectivity index (χ2n) is 4.27. The SMILES string of the molecule is O=c1[nH]c(=O)n(C[C@H]2C[C@@H](CO)C2)cc1F. The third-order valence-electron chi connectivity index (χ3n) is 3.01. The van der Waals surface area contributed by atoms with E-state index in [-0.39, 0.29) is 12.5 Å². The predicted octanol–water partition coefficient (Wildman–Crippen LogP) is -0.306. The molecule has 88 valence electrons. The van der Waals surface area contributed by atoms with Crippen molar-refractivity contribution < 1.29 is 9.50 Å². The van der Waals surface area contributed by atoms with Crippen LogP contribution in [0.2, 0.25) is 0 Å². The van der Waals surface area contributed by atoms with E-state index in [4.69, 9.17) is 5.11 Å². The van der Waals surface area contributed by atoms with E-state index in [9.17, 15) is 14.0 Å². The van der Waals surface area contributed by atoms with Gasteiger partial charge < -0.3 is 5.11 Å². The zero-order chi connectivity index (χ0) is 11.7. The van der Waals surface area contributed by atoms with Gasteiger partial charge in [-0.1, -0.05) is 0 Å². The summed E-state index contributed by atoms with van der Waals surface area (Å²) in [6.45, 7) is 0.550. The molecule has 0 unspecified atom stereocenters. The van der Waals surface area contributed by atoms with Gasteiger partial charge >= 0.3 is 5.69 Å². The number of hydrogen-bond donors (Lipinski definition) is 2. The lowest BCUT2D eigenvalue weighted by atomic mass is 9.75. The number of aromatic amines is 1. The maximum absolute atomic E-state index is 12.9. The summed E-state index contributed by atoms with van der Waals surface area (Å²) in [5.41, 5.74) is -1.57. The van der Waals surface area contributed by atoms with Gasteiger partial charge in [0, 0.05) is 13.2 Å². The summed E-state index contributed by atoms with van der Waals surface area (Å²) in [5, 5.41) is 8.83. The first-order valence-corrected chi connectivity index (χ1v) is 5.20. The van der Waals surface area contributed by atoms with Crippen molar-refractivity contribution in [3.63, 3.8) is 0 Å². The second kappa shape index (κ2) is 4.21. The summed E-state index contributed by atoms with van der Waals surface area (Å²) in [4.78, 5) is 24.0. The molecule has 0 spiro atoms. The molecule has 16 heavy (non-hydrogen) atoms. The Morgan fingerprint density at radius 1 is 1.44 bits per heavy atom. The van der Waals surface area contributed by atoms with Gasteiger partial charge in [0.1, 0.15) is 0 Å². The highest BCUT2D eigenvalue weighted by Gasteiger charge is 2.28. The smallest absolute Gasteiger partial charge is 0.328 e. The van der Waals surface area contributed by atoms with Gasteiger partial charge in [0.25, 0.3) is 5.56 Å². The van der Waals surface area contributed by atoms with Crippen LogP contribution in [-0.2, 0) is 6.54 Å². The molecule has 0 radical (unpaired) electrons. The topological polar surface area (TPSA) is 75.1 Å². The van der Waals surface area contributed by atoms with Gasteiger partial charge in [0.15, 0.2) is 0 Å². The van der Waals surface area contributed by atoms with Crippen LogP contribution < -0.4 is 11.2 Å². The zero-order valence-electron chi connectivity index (χ0n) is 8.65.